The van der Waals surface area contributed by atoms with Crippen LogP contribution < -0.4 is 0 Å². The summed E-state index contributed by atoms with van der Waals surface area (Å²) in [4.78, 5) is 13.6. The van der Waals surface area contributed by atoms with Crippen molar-refractivity contribution in [1.29, 1.82) is 0 Å². The molecular formula is C14H14F3NO. The average molecular weight is 269 g/mol. The van der Waals surface area contributed by atoms with Crippen LogP contribution in [0, 0.1) is 0 Å². The summed E-state index contributed by atoms with van der Waals surface area (Å²) >= 11 is 0. The molecule has 0 atom stereocenters. The van der Waals surface area contributed by atoms with E-state index in [4.69, 9.17) is 0 Å². The fourth-order valence-corrected chi connectivity index (χ4v) is 2.21. The van der Waals surface area contributed by atoms with Gasteiger partial charge in [0.2, 0.25) is 0 Å². The van der Waals surface area contributed by atoms with Gasteiger partial charge in [-0.1, -0.05) is 24.3 Å². The molecule has 0 aliphatic carbocycles. The summed E-state index contributed by atoms with van der Waals surface area (Å²) in [7, 11) is 0. The highest BCUT2D eigenvalue weighted by Crippen LogP contribution is 2.32. The lowest BCUT2D eigenvalue weighted by molar-refractivity contribution is -0.138. The highest BCUT2D eigenvalue weighted by atomic mass is 19.4. The Balaban J connectivity index is 2.31. The molecule has 0 unspecified atom stereocenters. The van der Waals surface area contributed by atoms with E-state index in [1.807, 2.05) is 0 Å². The average Bonchev–Trinajstić information content (AvgIpc) is 2.37. The van der Waals surface area contributed by atoms with Crippen molar-refractivity contribution in [1.82, 2.24) is 4.90 Å². The topological polar surface area (TPSA) is 20.3 Å². The van der Waals surface area contributed by atoms with Gasteiger partial charge >= 0.3 is 6.18 Å². The summed E-state index contributed by atoms with van der Waals surface area (Å²) in [6.45, 7) is 4.61. The zero-order chi connectivity index (χ0) is 14.0. The first kappa shape index (κ1) is 13.6. The minimum Gasteiger partial charge on any atom is -0.335 e. The molecule has 1 aromatic rings. The van der Waals surface area contributed by atoms with Crippen LogP contribution in [0.3, 0.4) is 0 Å². The lowest BCUT2D eigenvalue weighted by Crippen LogP contribution is -2.37. The van der Waals surface area contributed by atoms with Crippen LogP contribution in [-0.4, -0.2) is 23.9 Å². The van der Waals surface area contributed by atoms with Crippen molar-refractivity contribution < 1.29 is 18.0 Å². The number of hydrogen-bond acceptors (Lipinski definition) is 1. The molecule has 1 amide bonds. The van der Waals surface area contributed by atoms with Gasteiger partial charge in [0.15, 0.2) is 0 Å². The standard InChI is InChI=1S/C14H14F3NO/c1-10-5-4-8-18(9-10)13(19)11-6-2-3-7-12(11)14(15,16)17/h2-3,6-7H,1,4-5,8-9H2. The van der Waals surface area contributed by atoms with Crippen molar-refractivity contribution in [2.75, 3.05) is 13.1 Å². The zero-order valence-corrected chi connectivity index (χ0v) is 10.3. The highest BCUT2D eigenvalue weighted by molar-refractivity contribution is 5.96. The van der Waals surface area contributed by atoms with E-state index in [1.165, 1.54) is 23.1 Å². The maximum atomic E-state index is 12.9. The maximum Gasteiger partial charge on any atom is 0.417 e. The quantitative estimate of drug-likeness (QED) is 0.714. The Kier molecular flexibility index (Phi) is 3.64. The second-order valence-electron chi connectivity index (χ2n) is 4.62. The number of rotatable bonds is 1. The Bertz CT molecular complexity index is 508. The minimum atomic E-state index is -4.51. The van der Waals surface area contributed by atoms with E-state index >= 15 is 0 Å². The SMILES string of the molecule is C=C1CCCN(C(=O)c2ccccc2C(F)(F)F)C1. The van der Waals surface area contributed by atoms with E-state index in [2.05, 4.69) is 6.58 Å². The number of piperidine rings is 1. The molecule has 19 heavy (non-hydrogen) atoms. The monoisotopic (exact) mass is 269 g/mol. The van der Waals surface area contributed by atoms with Gasteiger partial charge < -0.3 is 4.90 Å². The molecule has 0 aromatic heterocycles. The molecule has 102 valence electrons. The van der Waals surface area contributed by atoms with Crippen LogP contribution in [0.2, 0.25) is 0 Å². The predicted octanol–water partition coefficient (Wildman–Crippen LogP) is 3.50. The molecule has 1 heterocycles. The van der Waals surface area contributed by atoms with Crippen LogP contribution in [-0.2, 0) is 6.18 Å². The van der Waals surface area contributed by atoms with Crippen LogP contribution in [0.25, 0.3) is 0 Å². The molecule has 1 fully saturated rings. The summed E-state index contributed by atoms with van der Waals surface area (Å²) in [5.41, 5.74) is -0.287. The van der Waals surface area contributed by atoms with E-state index in [9.17, 15) is 18.0 Å². The lowest BCUT2D eigenvalue weighted by atomic mass is 10.0. The lowest BCUT2D eigenvalue weighted by Gasteiger charge is -2.29. The van der Waals surface area contributed by atoms with Crippen molar-refractivity contribution >= 4 is 5.91 Å². The fourth-order valence-electron chi connectivity index (χ4n) is 2.21. The van der Waals surface area contributed by atoms with E-state index < -0.39 is 17.6 Å². The Morgan fingerprint density at radius 1 is 1.26 bits per heavy atom. The Morgan fingerprint density at radius 2 is 1.95 bits per heavy atom. The maximum absolute atomic E-state index is 12.9. The zero-order valence-electron chi connectivity index (χ0n) is 10.3. The number of benzene rings is 1. The normalized spacial score (nSPS) is 16.6. The molecule has 1 aliphatic rings. The van der Waals surface area contributed by atoms with E-state index in [-0.39, 0.29) is 5.56 Å². The second kappa shape index (κ2) is 5.07. The van der Waals surface area contributed by atoms with Crippen LogP contribution in [0.4, 0.5) is 13.2 Å². The minimum absolute atomic E-state index is 0.287. The van der Waals surface area contributed by atoms with Gasteiger partial charge in [0.1, 0.15) is 0 Å². The molecule has 1 saturated heterocycles. The number of amides is 1. The summed E-state index contributed by atoms with van der Waals surface area (Å²) in [6, 6.07) is 4.89. The van der Waals surface area contributed by atoms with Crippen molar-refractivity contribution in [2.45, 2.75) is 19.0 Å². The summed E-state index contributed by atoms with van der Waals surface area (Å²) in [5.74, 6) is -0.575. The molecule has 0 spiro atoms. The number of nitrogens with zero attached hydrogens (tertiary/aromatic N) is 1. The number of carbonyl (C=O) groups is 1. The van der Waals surface area contributed by atoms with Gasteiger partial charge in [0.05, 0.1) is 11.1 Å². The van der Waals surface area contributed by atoms with E-state index in [0.29, 0.717) is 13.1 Å². The van der Waals surface area contributed by atoms with Crippen LogP contribution in [0.1, 0.15) is 28.8 Å². The van der Waals surface area contributed by atoms with Crippen LogP contribution >= 0.6 is 0 Å². The number of alkyl halides is 3. The van der Waals surface area contributed by atoms with Gasteiger partial charge in [-0.2, -0.15) is 13.2 Å². The number of hydrogen-bond donors (Lipinski definition) is 0. The van der Waals surface area contributed by atoms with Crippen molar-refractivity contribution in [3.8, 4) is 0 Å². The van der Waals surface area contributed by atoms with Gasteiger partial charge in [-0.15, -0.1) is 0 Å². The number of halogens is 3. The van der Waals surface area contributed by atoms with Gasteiger partial charge in [-0.25, -0.2) is 0 Å². The van der Waals surface area contributed by atoms with Crippen molar-refractivity contribution in [2.24, 2.45) is 0 Å². The highest BCUT2D eigenvalue weighted by Gasteiger charge is 2.36. The number of carbonyl (C=O) groups excluding carboxylic acids is 1. The molecule has 0 saturated carbocycles. The van der Waals surface area contributed by atoms with Crippen LogP contribution in [0.5, 0.6) is 0 Å². The first-order chi connectivity index (χ1) is 8.89. The second-order valence-corrected chi connectivity index (χ2v) is 4.62. The Labute approximate surface area is 109 Å². The number of likely N-dealkylation sites (tertiary alicyclic amines) is 1. The smallest absolute Gasteiger partial charge is 0.335 e. The van der Waals surface area contributed by atoms with Crippen molar-refractivity contribution in [3.05, 3.63) is 47.5 Å². The van der Waals surface area contributed by atoms with Gasteiger partial charge in [0, 0.05) is 13.1 Å². The summed E-state index contributed by atoms with van der Waals surface area (Å²) in [6.07, 6.45) is -2.94. The fraction of sp³-hybridized carbons (Fsp3) is 0.357. The third-order valence-corrected chi connectivity index (χ3v) is 3.12. The third-order valence-electron chi connectivity index (χ3n) is 3.12. The summed E-state index contributed by atoms with van der Waals surface area (Å²) < 4.78 is 38.6. The van der Waals surface area contributed by atoms with Gasteiger partial charge in [-0.05, 0) is 25.0 Å². The Hall–Kier alpha value is -1.78. The van der Waals surface area contributed by atoms with E-state index in [1.54, 1.807) is 0 Å². The predicted molar refractivity (Wildman–Crippen MR) is 65.7 cm³/mol. The largest absolute Gasteiger partial charge is 0.417 e. The molecule has 2 rings (SSSR count). The third kappa shape index (κ3) is 2.97. The molecule has 5 heteroatoms. The van der Waals surface area contributed by atoms with Gasteiger partial charge in [0.25, 0.3) is 5.91 Å². The molecule has 2 nitrogen and oxygen atoms in total. The molecule has 1 aliphatic heterocycles. The van der Waals surface area contributed by atoms with Gasteiger partial charge in [-0.3, -0.25) is 4.79 Å². The first-order valence-corrected chi connectivity index (χ1v) is 6.02. The van der Waals surface area contributed by atoms with E-state index in [0.717, 1.165) is 24.5 Å². The molecular weight excluding hydrogens is 255 g/mol. The first-order valence-electron chi connectivity index (χ1n) is 6.02. The molecule has 0 N–H and O–H groups in total. The Morgan fingerprint density at radius 3 is 2.58 bits per heavy atom. The summed E-state index contributed by atoms with van der Waals surface area (Å²) in [5, 5.41) is 0. The molecule has 0 bridgehead atoms. The molecule has 0 radical (unpaired) electrons. The van der Waals surface area contributed by atoms with Crippen LogP contribution in [0.15, 0.2) is 36.4 Å². The molecule has 1 aromatic carbocycles. The van der Waals surface area contributed by atoms with Crippen molar-refractivity contribution in [3.63, 3.8) is 0 Å².